The number of carbonyl (C=O) groups is 1. The van der Waals surface area contributed by atoms with E-state index in [0.29, 0.717) is 6.04 Å². The second-order valence-corrected chi connectivity index (χ2v) is 28.6. The summed E-state index contributed by atoms with van der Waals surface area (Å²) in [5.74, 6) is -1.71. The predicted octanol–water partition coefficient (Wildman–Crippen LogP) is 5.26. The highest BCUT2D eigenvalue weighted by Gasteiger charge is 2.62. The zero-order valence-electron chi connectivity index (χ0n) is 21.5. The zero-order chi connectivity index (χ0) is 28.3. The average Bonchev–Trinajstić information content (AvgIpc) is 2.49. The van der Waals surface area contributed by atoms with E-state index in [1.54, 1.807) is 0 Å². The zero-order valence-corrected chi connectivity index (χ0v) is 26.3. The molecule has 0 heterocycles. The van der Waals surface area contributed by atoms with Gasteiger partial charge in [-0.15, -0.1) is 0 Å². The van der Waals surface area contributed by atoms with Crippen LogP contribution in [0.4, 0.5) is 22.0 Å². The molecule has 0 bridgehead atoms. The third-order valence-electron chi connectivity index (χ3n) is 3.98. The van der Waals surface area contributed by atoms with Crippen LogP contribution in [0.15, 0.2) is 0 Å². The van der Waals surface area contributed by atoms with E-state index in [2.05, 4.69) is 4.74 Å². The van der Waals surface area contributed by atoms with Crippen molar-refractivity contribution in [3.63, 3.8) is 0 Å². The third-order valence-corrected chi connectivity index (χ3v) is 18.4. The Labute approximate surface area is 208 Å². The molecule has 0 saturated heterocycles. The number of rotatable bonds is 14. The third kappa shape index (κ3) is 13.2. The Hall–Kier alpha value is -0.222. The maximum atomic E-state index is 13.5. The fraction of sp³-hybridized carbons (Fsp3) is 0.941. The van der Waals surface area contributed by atoms with E-state index >= 15 is 0 Å². The minimum absolute atomic E-state index is 0.0586. The average molecular weight is 608 g/mol. The van der Waals surface area contributed by atoms with Gasteiger partial charge in [-0.1, -0.05) is 6.42 Å². The summed E-state index contributed by atoms with van der Waals surface area (Å²) in [6.45, 7) is 17.6. The van der Waals surface area contributed by atoms with E-state index in [9.17, 15) is 39.7 Å². The molecule has 0 N–H and O–H groups in total. The Morgan fingerprint density at radius 3 is 1.66 bits per heavy atom. The minimum Gasteiger partial charge on any atom is -0.743 e. The number of unbranched alkanes of at least 4 members (excludes halogenated alkanes) is 1. The number of alkyl halides is 5. The first-order chi connectivity index (χ1) is 15.1. The topological polar surface area (TPSA) is 111 Å². The maximum Gasteiger partial charge on any atom is 0.432 e. The lowest BCUT2D eigenvalue weighted by Gasteiger charge is -2.41. The van der Waals surface area contributed by atoms with Crippen molar-refractivity contribution in [2.24, 2.45) is 0 Å². The highest BCUT2D eigenvalue weighted by Crippen LogP contribution is 2.38. The van der Waals surface area contributed by atoms with Crippen LogP contribution in [-0.2, 0) is 32.0 Å². The summed E-state index contributed by atoms with van der Waals surface area (Å²) in [4.78, 5) is 11.8. The van der Waals surface area contributed by atoms with Crippen molar-refractivity contribution in [3.8, 4) is 0 Å². The summed E-state index contributed by atoms with van der Waals surface area (Å²) in [5.41, 5.74) is 0. The molecule has 0 aromatic heterocycles. The standard InChI is InChI=1S/C17H37F5O8SSi4/c1-32(2,3)28-34(7,8)30-35(9,29-33(4,5)6)13-11-10-12-14(23)27-15(16(18,19)20)17(21,22)31(24,25)26/h15H,10-13H2,1-9H3,(H,24,25,26)/p-1. The van der Waals surface area contributed by atoms with Gasteiger partial charge in [-0.2, -0.15) is 22.0 Å². The van der Waals surface area contributed by atoms with Crippen LogP contribution in [-0.4, -0.2) is 70.2 Å². The van der Waals surface area contributed by atoms with Gasteiger partial charge in [0.25, 0.3) is 6.10 Å². The molecular weight excluding hydrogens is 572 g/mol. The van der Waals surface area contributed by atoms with Crippen molar-refractivity contribution in [2.75, 3.05) is 0 Å². The van der Waals surface area contributed by atoms with Gasteiger partial charge in [-0.3, -0.25) is 4.79 Å². The number of halogens is 5. The molecule has 0 aliphatic heterocycles. The van der Waals surface area contributed by atoms with Gasteiger partial charge in [-0.05, 0) is 71.4 Å². The molecule has 0 saturated carbocycles. The molecule has 18 heteroatoms. The molecule has 0 radical (unpaired) electrons. The van der Waals surface area contributed by atoms with Crippen LogP contribution in [0.1, 0.15) is 19.3 Å². The van der Waals surface area contributed by atoms with Crippen LogP contribution in [0.5, 0.6) is 0 Å². The summed E-state index contributed by atoms with van der Waals surface area (Å²) in [7, 11) is -16.2. The quantitative estimate of drug-likeness (QED) is 0.0864. The molecule has 0 aromatic rings. The van der Waals surface area contributed by atoms with Gasteiger partial charge in [0.1, 0.15) is 0 Å². The van der Waals surface area contributed by atoms with Crippen LogP contribution in [0.3, 0.4) is 0 Å². The Bertz CT molecular complexity index is 828. The molecule has 0 aromatic carbocycles. The molecule has 2 unspecified atom stereocenters. The van der Waals surface area contributed by atoms with Gasteiger partial charge in [0.15, 0.2) is 26.8 Å². The van der Waals surface area contributed by atoms with E-state index < -0.39 is 73.8 Å². The van der Waals surface area contributed by atoms with Gasteiger partial charge < -0.3 is 21.6 Å². The number of hydrogen-bond acceptors (Lipinski definition) is 8. The molecule has 0 fully saturated rings. The molecule has 2 atom stereocenters. The van der Waals surface area contributed by atoms with E-state index in [1.807, 2.05) is 58.9 Å². The molecule has 8 nitrogen and oxygen atoms in total. The van der Waals surface area contributed by atoms with Crippen molar-refractivity contribution in [1.29, 1.82) is 0 Å². The van der Waals surface area contributed by atoms with E-state index in [1.165, 1.54) is 0 Å². The number of ether oxygens (including phenoxy) is 1. The molecule has 0 aliphatic rings. The fourth-order valence-electron chi connectivity index (χ4n) is 3.41. The summed E-state index contributed by atoms with van der Waals surface area (Å²) >= 11 is 0. The SMILES string of the molecule is C[Si](C)(C)O[Si](C)(C)O[Si](C)(CCCCC(=O)OC(C(F)(F)F)C(F)(F)S(=O)(=O)[O-])O[Si](C)(C)C. The van der Waals surface area contributed by atoms with Crippen molar-refractivity contribution in [1.82, 2.24) is 0 Å². The fourth-order valence-corrected chi connectivity index (χ4v) is 21.9. The van der Waals surface area contributed by atoms with Crippen LogP contribution in [0, 0.1) is 0 Å². The number of carbonyl (C=O) groups excluding carboxylic acids is 1. The highest BCUT2D eigenvalue weighted by atomic mass is 32.2. The van der Waals surface area contributed by atoms with Crippen molar-refractivity contribution in [3.05, 3.63) is 0 Å². The minimum atomic E-state index is -6.73. The number of hydrogen-bond donors (Lipinski definition) is 0. The molecular formula is C17H36F5O8SSi4-. The van der Waals surface area contributed by atoms with E-state index in [4.69, 9.17) is 12.3 Å². The summed E-state index contributed by atoms with van der Waals surface area (Å²) in [6, 6.07) is 0.351. The van der Waals surface area contributed by atoms with Gasteiger partial charge in [0, 0.05) is 6.42 Å². The summed E-state index contributed by atoms with van der Waals surface area (Å²) in [6.07, 6.45) is -10.9. The smallest absolute Gasteiger partial charge is 0.432 e. The first-order valence-electron chi connectivity index (χ1n) is 10.8. The highest BCUT2D eigenvalue weighted by molar-refractivity contribution is 7.86. The molecule has 0 aliphatic carbocycles. The Morgan fingerprint density at radius 1 is 0.829 bits per heavy atom. The normalized spacial score (nSPS) is 17.1. The van der Waals surface area contributed by atoms with Gasteiger partial charge in [0.2, 0.25) is 0 Å². The monoisotopic (exact) mass is 607 g/mol. The largest absolute Gasteiger partial charge is 0.743 e. The Morgan fingerprint density at radius 2 is 1.29 bits per heavy atom. The molecule has 0 rings (SSSR count). The lowest BCUT2D eigenvalue weighted by molar-refractivity contribution is -0.259. The second kappa shape index (κ2) is 11.7. The van der Waals surface area contributed by atoms with Crippen molar-refractivity contribution in [2.45, 2.75) is 102 Å². The van der Waals surface area contributed by atoms with Gasteiger partial charge in [0.05, 0.1) is 0 Å². The van der Waals surface area contributed by atoms with Crippen LogP contribution in [0.25, 0.3) is 0 Å². The lowest BCUT2D eigenvalue weighted by atomic mass is 10.2. The Kier molecular flexibility index (Phi) is 11.6. The number of esters is 1. The van der Waals surface area contributed by atoms with Gasteiger partial charge in [-0.25, -0.2) is 8.42 Å². The van der Waals surface area contributed by atoms with Crippen LogP contribution < -0.4 is 0 Å². The van der Waals surface area contributed by atoms with Crippen molar-refractivity contribution < 1.29 is 56.8 Å². The van der Waals surface area contributed by atoms with Crippen LogP contribution in [0.2, 0.25) is 65.0 Å². The Balaban J connectivity index is 5.30. The molecule has 0 spiro atoms. The van der Waals surface area contributed by atoms with E-state index in [-0.39, 0.29) is 12.8 Å². The first-order valence-corrected chi connectivity index (χ1v) is 24.4. The predicted molar refractivity (Wildman–Crippen MR) is 128 cm³/mol. The molecule has 35 heavy (non-hydrogen) atoms. The lowest BCUT2D eigenvalue weighted by Crippen LogP contribution is -2.56. The summed E-state index contributed by atoms with van der Waals surface area (Å²) in [5, 5.41) is -5.86. The second-order valence-electron chi connectivity index (χ2n) is 10.7. The molecule has 0 amide bonds. The summed E-state index contributed by atoms with van der Waals surface area (Å²) < 4.78 is 120. The van der Waals surface area contributed by atoms with Crippen LogP contribution >= 0.6 is 0 Å². The van der Waals surface area contributed by atoms with Gasteiger partial charge >= 0.3 is 34.5 Å². The van der Waals surface area contributed by atoms with E-state index in [0.717, 1.165) is 0 Å². The first kappa shape index (κ1) is 34.8. The molecule has 210 valence electrons. The maximum absolute atomic E-state index is 13.5. The van der Waals surface area contributed by atoms with Crippen molar-refractivity contribution >= 4 is 49.8 Å².